The first-order chi connectivity index (χ1) is 15.3. The first-order valence-electron chi connectivity index (χ1n) is 9.64. The number of carbonyl (C=O) groups is 1. The number of ether oxygens (including phenoxy) is 1. The van der Waals surface area contributed by atoms with E-state index in [9.17, 15) is 14.4 Å². The number of nitrogens with one attached hydrogen (secondary N) is 1. The van der Waals surface area contributed by atoms with Crippen molar-refractivity contribution in [3.8, 4) is 11.8 Å². The number of benzene rings is 3. The molecular formula is C25H19BrFIN2O2. The summed E-state index contributed by atoms with van der Waals surface area (Å²) in [5.74, 6) is -0.249. The zero-order valence-corrected chi connectivity index (χ0v) is 21.1. The Labute approximate surface area is 208 Å². The molecule has 7 heteroatoms. The van der Waals surface area contributed by atoms with Crippen LogP contribution in [0.2, 0.25) is 0 Å². The molecule has 0 spiro atoms. The quantitative estimate of drug-likeness (QED) is 0.188. The van der Waals surface area contributed by atoms with Gasteiger partial charge in [-0.05, 0) is 93.8 Å². The van der Waals surface area contributed by atoms with Gasteiger partial charge in [-0.1, -0.05) is 35.9 Å². The van der Waals surface area contributed by atoms with Crippen LogP contribution in [-0.2, 0) is 11.4 Å². The normalized spacial score (nSPS) is 11.1. The summed E-state index contributed by atoms with van der Waals surface area (Å²) in [5, 5.41) is 12.3. The van der Waals surface area contributed by atoms with E-state index in [0.29, 0.717) is 27.0 Å². The molecule has 0 saturated carbocycles. The predicted molar refractivity (Wildman–Crippen MR) is 136 cm³/mol. The van der Waals surface area contributed by atoms with E-state index in [1.54, 1.807) is 30.3 Å². The summed E-state index contributed by atoms with van der Waals surface area (Å²) in [4.78, 5) is 12.6. The Morgan fingerprint density at radius 3 is 2.62 bits per heavy atom. The van der Waals surface area contributed by atoms with Gasteiger partial charge in [0.2, 0.25) is 0 Å². The molecule has 0 unspecified atom stereocenters. The maximum Gasteiger partial charge on any atom is 0.266 e. The molecule has 0 heterocycles. The second kappa shape index (κ2) is 10.7. The monoisotopic (exact) mass is 604 g/mol. The average Bonchev–Trinajstić information content (AvgIpc) is 2.74. The average molecular weight is 605 g/mol. The van der Waals surface area contributed by atoms with E-state index in [0.717, 1.165) is 14.7 Å². The molecule has 0 aliphatic rings. The maximum atomic E-state index is 13.8. The highest BCUT2D eigenvalue weighted by atomic mass is 127. The van der Waals surface area contributed by atoms with Crippen LogP contribution < -0.4 is 10.1 Å². The minimum Gasteiger partial charge on any atom is -0.486 e. The summed E-state index contributed by atoms with van der Waals surface area (Å²) in [7, 11) is 0. The van der Waals surface area contributed by atoms with Crippen molar-refractivity contribution >= 4 is 56.2 Å². The molecule has 0 aliphatic carbocycles. The first kappa shape index (κ1) is 24.0. The Bertz CT molecular complexity index is 1230. The summed E-state index contributed by atoms with van der Waals surface area (Å²) in [6.45, 7) is 3.96. The van der Waals surface area contributed by atoms with E-state index >= 15 is 0 Å². The lowest BCUT2D eigenvalue weighted by Crippen LogP contribution is -2.14. The molecule has 0 aliphatic heterocycles. The van der Waals surface area contributed by atoms with Crippen LogP contribution in [0, 0.1) is 34.6 Å². The molecule has 1 N–H and O–H groups in total. The number of halogens is 3. The fraction of sp³-hybridized carbons (Fsp3) is 0.120. The number of carbonyl (C=O) groups excluding carboxylic acids is 1. The Morgan fingerprint density at radius 2 is 1.97 bits per heavy atom. The van der Waals surface area contributed by atoms with E-state index in [1.807, 2.05) is 38.1 Å². The second-order valence-electron chi connectivity index (χ2n) is 7.14. The molecule has 32 heavy (non-hydrogen) atoms. The van der Waals surface area contributed by atoms with Crippen molar-refractivity contribution in [3.63, 3.8) is 0 Å². The third kappa shape index (κ3) is 5.96. The largest absolute Gasteiger partial charge is 0.486 e. The van der Waals surface area contributed by atoms with Crippen LogP contribution in [0.3, 0.4) is 0 Å². The summed E-state index contributed by atoms with van der Waals surface area (Å²) >= 11 is 5.58. The van der Waals surface area contributed by atoms with Crippen molar-refractivity contribution in [2.24, 2.45) is 0 Å². The molecule has 4 nitrogen and oxygen atoms in total. The van der Waals surface area contributed by atoms with Crippen molar-refractivity contribution in [2.45, 2.75) is 20.5 Å². The van der Waals surface area contributed by atoms with Gasteiger partial charge in [-0.2, -0.15) is 5.26 Å². The molecule has 1 amide bonds. The van der Waals surface area contributed by atoms with Crippen molar-refractivity contribution in [1.29, 1.82) is 5.26 Å². The standard InChI is InChI=1S/C25H19BrFIN2O2/c1-15-7-8-23(16(2)9-15)30-25(31)19(13-29)10-17-11-20(26)24(22(28)12-17)32-14-18-5-3-4-6-21(18)27/h3-12H,14H2,1-2H3,(H,30,31)/b19-10+. The van der Waals surface area contributed by atoms with Crippen LogP contribution in [0.4, 0.5) is 10.1 Å². The van der Waals surface area contributed by atoms with E-state index < -0.39 is 5.91 Å². The molecular weight excluding hydrogens is 586 g/mol. The van der Waals surface area contributed by atoms with E-state index in [1.165, 1.54) is 12.1 Å². The van der Waals surface area contributed by atoms with Crippen LogP contribution in [-0.4, -0.2) is 5.91 Å². The fourth-order valence-electron chi connectivity index (χ4n) is 3.02. The number of hydrogen-bond acceptors (Lipinski definition) is 3. The lowest BCUT2D eigenvalue weighted by Gasteiger charge is -2.12. The molecule has 0 fully saturated rings. The van der Waals surface area contributed by atoms with Crippen molar-refractivity contribution in [2.75, 3.05) is 5.32 Å². The Morgan fingerprint density at radius 1 is 1.22 bits per heavy atom. The van der Waals surface area contributed by atoms with Crippen molar-refractivity contribution < 1.29 is 13.9 Å². The third-order valence-corrected chi connectivity index (χ3v) is 6.05. The SMILES string of the molecule is Cc1ccc(NC(=O)/C(C#N)=C/c2cc(Br)c(OCc3ccccc3F)c(I)c2)c(C)c1. The maximum absolute atomic E-state index is 13.8. The number of nitriles is 1. The Hall–Kier alpha value is -2.70. The van der Waals surface area contributed by atoms with Crippen LogP contribution in [0.1, 0.15) is 22.3 Å². The fourth-order valence-corrected chi connectivity index (χ4v) is 4.79. The molecule has 3 aromatic rings. The van der Waals surface area contributed by atoms with Crippen LogP contribution in [0.5, 0.6) is 5.75 Å². The highest BCUT2D eigenvalue weighted by Gasteiger charge is 2.14. The molecule has 3 rings (SSSR count). The van der Waals surface area contributed by atoms with Crippen molar-refractivity contribution in [3.05, 3.63) is 96.3 Å². The number of amides is 1. The van der Waals surface area contributed by atoms with Gasteiger partial charge in [0.05, 0.1) is 8.04 Å². The molecule has 3 aromatic carbocycles. The third-order valence-electron chi connectivity index (χ3n) is 4.66. The summed E-state index contributed by atoms with van der Waals surface area (Å²) in [5.41, 5.74) is 3.76. The number of anilines is 1. The van der Waals surface area contributed by atoms with Gasteiger partial charge in [0.25, 0.3) is 5.91 Å². The van der Waals surface area contributed by atoms with Gasteiger partial charge in [0.15, 0.2) is 0 Å². The van der Waals surface area contributed by atoms with E-state index in [4.69, 9.17) is 4.74 Å². The minimum absolute atomic E-state index is 0.0206. The molecule has 0 radical (unpaired) electrons. The van der Waals surface area contributed by atoms with Gasteiger partial charge < -0.3 is 10.1 Å². The predicted octanol–water partition coefficient (Wildman–Crippen LogP) is 6.93. The van der Waals surface area contributed by atoms with Crippen molar-refractivity contribution in [1.82, 2.24) is 0 Å². The molecule has 0 bridgehead atoms. The van der Waals surface area contributed by atoms with Gasteiger partial charge in [-0.15, -0.1) is 0 Å². The highest BCUT2D eigenvalue weighted by Crippen LogP contribution is 2.33. The summed E-state index contributed by atoms with van der Waals surface area (Å²) in [6, 6.07) is 17.6. The lowest BCUT2D eigenvalue weighted by atomic mass is 10.1. The Balaban J connectivity index is 1.79. The highest BCUT2D eigenvalue weighted by molar-refractivity contribution is 14.1. The zero-order valence-electron chi connectivity index (χ0n) is 17.4. The Kier molecular flexibility index (Phi) is 8.04. The van der Waals surface area contributed by atoms with Crippen LogP contribution >= 0.6 is 38.5 Å². The number of rotatable bonds is 6. The smallest absolute Gasteiger partial charge is 0.266 e. The summed E-state index contributed by atoms with van der Waals surface area (Å²) in [6.07, 6.45) is 1.52. The molecule has 162 valence electrons. The number of nitrogens with zero attached hydrogens (tertiary/aromatic N) is 1. The van der Waals surface area contributed by atoms with Crippen LogP contribution in [0.25, 0.3) is 6.08 Å². The van der Waals surface area contributed by atoms with Gasteiger partial charge >= 0.3 is 0 Å². The molecule has 0 aromatic heterocycles. The van der Waals surface area contributed by atoms with Gasteiger partial charge in [-0.3, -0.25) is 4.79 Å². The molecule has 0 atom stereocenters. The van der Waals surface area contributed by atoms with Gasteiger partial charge in [-0.25, -0.2) is 4.39 Å². The number of aryl methyl sites for hydroxylation is 2. The van der Waals surface area contributed by atoms with E-state index in [-0.39, 0.29) is 18.0 Å². The topological polar surface area (TPSA) is 62.1 Å². The second-order valence-corrected chi connectivity index (χ2v) is 9.15. The van der Waals surface area contributed by atoms with Gasteiger partial charge in [0, 0.05) is 11.3 Å². The zero-order chi connectivity index (χ0) is 23.3. The molecule has 0 saturated heterocycles. The number of hydrogen-bond donors (Lipinski definition) is 1. The van der Waals surface area contributed by atoms with Crippen LogP contribution in [0.15, 0.2) is 64.6 Å². The van der Waals surface area contributed by atoms with Gasteiger partial charge in [0.1, 0.15) is 29.8 Å². The first-order valence-corrected chi connectivity index (χ1v) is 11.5. The summed E-state index contributed by atoms with van der Waals surface area (Å²) < 4.78 is 21.1. The lowest BCUT2D eigenvalue weighted by molar-refractivity contribution is -0.112. The minimum atomic E-state index is -0.481. The van der Waals surface area contributed by atoms with E-state index in [2.05, 4.69) is 43.8 Å².